The van der Waals surface area contributed by atoms with E-state index in [4.69, 9.17) is 11.5 Å². The van der Waals surface area contributed by atoms with Crippen molar-refractivity contribution in [3.63, 3.8) is 0 Å². The highest BCUT2D eigenvalue weighted by Gasteiger charge is 2.25. The number of rotatable bonds is 2. The molecule has 15 heavy (non-hydrogen) atoms. The van der Waals surface area contributed by atoms with Crippen LogP contribution in [0.5, 0.6) is 0 Å². The molecule has 0 radical (unpaired) electrons. The van der Waals surface area contributed by atoms with E-state index in [9.17, 15) is 4.79 Å². The van der Waals surface area contributed by atoms with Gasteiger partial charge in [0.25, 0.3) is 5.91 Å². The van der Waals surface area contributed by atoms with E-state index in [0.717, 1.165) is 37.1 Å². The van der Waals surface area contributed by atoms with Gasteiger partial charge in [-0.3, -0.25) is 9.48 Å². The normalized spacial score (nSPS) is 20.0. The number of aryl methyl sites for hydroxylation is 1. The average Bonchev–Trinajstić information content (AvgIpc) is 2.55. The van der Waals surface area contributed by atoms with E-state index in [1.165, 1.54) is 0 Å². The molecule has 1 aromatic rings. The van der Waals surface area contributed by atoms with E-state index in [2.05, 4.69) is 5.10 Å². The number of primary amides is 1. The van der Waals surface area contributed by atoms with Gasteiger partial charge in [0, 0.05) is 30.3 Å². The van der Waals surface area contributed by atoms with E-state index >= 15 is 0 Å². The Morgan fingerprint density at radius 2 is 2.40 bits per heavy atom. The SMILES string of the molecule is CCn1nc(C(N)=O)c2c1CC(N)CC2. The summed E-state index contributed by atoms with van der Waals surface area (Å²) < 4.78 is 1.84. The highest BCUT2D eigenvalue weighted by Crippen LogP contribution is 2.23. The number of hydrogen-bond acceptors (Lipinski definition) is 3. The molecular formula is C10H16N4O. The van der Waals surface area contributed by atoms with E-state index in [0.29, 0.717) is 5.69 Å². The summed E-state index contributed by atoms with van der Waals surface area (Å²) in [4.78, 5) is 11.2. The van der Waals surface area contributed by atoms with Crippen LogP contribution in [0.3, 0.4) is 0 Å². The van der Waals surface area contributed by atoms with Gasteiger partial charge < -0.3 is 11.5 Å². The first-order chi connectivity index (χ1) is 7.13. The molecule has 0 saturated carbocycles. The number of hydrogen-bond donors (Lipinski definition) is 2. The highest BCUT2D eigenvalue weighted by molar-refractivity contribution is 5.92. The molecule has 1 aliphatic carbocycles. The maximum Gasteiger partial charge on any atom is 0.269 e. The molecule has 0 aromatic carbocycles. The number of aromatic nitrogens is 2. The van der Waals surface area contributed by atoms with Crippen LogP contribution in [-0.4, -0.2) is 21.7 Å². The largest absolute Gasteiger partial charge is 0.364 e. The third kappa shape index (κ3) is 1.63. The second-order valence-corrected chi connectivity index (χ2v) is 3.96. The van der Waals surface area contributed by atoms with Crippen LogP contribution in [0.25, 0.3) is 0 Å². The second-order valence-electron chi connectivity index (χ2n) is 3.96. The lowest BCUT2D eigenvalue weighted by Gasteiger charge is -2.19. The monoisotopic (exact) mass is 208 g/mol. The lowest BCUT2D eigenvalue weighted by molar-refractivity contribution is 0.0994. The summed E-state index contributed by atoms with van der Waals surface area (Å²) >= 11 is 0. The van der Waals surface area contributed by atoms with E-state index in [1.54, 1.807) is 0 Å². The van der Waals surface area contributed by atoms with Gasteiger partial charge in [-0.2, -0.15) is 5.10 Å². The summed E-state index contributed by atoms with van der Waals surface area (Å²) in [6.07, 6.45) is 2.51. The minimum atomic E-state index is -0.436. The fourth-order valence-electron chi connectivity index (χ4n) is 2.16. The van der Waals surface area contributed by atoms with Gasteiger partial charge in [0.1, 0.15) is 0 Å². The molecule has 5 heteroatoms. The van der Waals surface area contributed by atoms with Gasteiger partial charge in [-0.15, -0.1) is 0 Å². The molecule has 1 heterocycles. The second kappa shape index (κ2) is 3.66. The van der Waals surface area contributed by atoms with Gasteiger partial charge >= 0.3 is 0 Å². The summed E-state index contributed by atoms with van der Waals surface area (Å²) in [7, 11) is 0. The van der Waals surface area contributed by atoms with Crippen molar-refractivity contribution in [2.75, 3.05) is 0 Å². The lowest BCUT2D eigenvalue weighted by atomic mass is 9.92. The fourth-order valence-corrected chi connectivity index (χ4v) is 2.16. The Morgan fingerprint density at radius 3 is 3.00 bits per heavy atom. The van der Waals surface area contributed by atoms with Gasteiger partial charge in [0.15, 0.2) is 5.69 Å². The Hall–Kier alpha value is -1.36. The molecule has 1 atom stereocenters. The zero-order chi connectivity index (χ0) is 11.0. The molecule has 2 rings (SSSR count). The van der Waals surface area contributed by atoms with Crippen LogP contribution in [0.15, 0.2) is 0 Å². The maximum atomic E-state index is 11.2. The molecule has 1 unspecified atom stereocenters. The first-order valence-corrected chi connectivity index (χ1v) is 5.27. The van der Waals surface area contributed by atoms with Crippen molar-refractivity contribution in [2.24, 2.45) is 11.5 Å². The molecular weight excluding hydrogens is 192 g/mol. The number of nitrogens with zero attached hydrogens (tertiary/aromatic N) is 2. The summed E-state index contributed by atoms with van der Waals surface area (Å²) in [6.45, 7) is 2.75. The summed E-state index contributed by atoms with van der Waals surface area (Å²) in [5.41, 5.74) is 13.7. The molecule has 5 nitrogen and oxygen atoms in total. The molecule has 0 fully saturated rings. The predicted molar refractivity (Wildman–Crippen MR) is 56.4 cm³/mol. The van der Waals surface area contributed by atoms with Crippen molar-refractivity contribution in [1.82, 2.24) is 9.78 Å². The first kappa shape index (κ1) is 10.2. The summed E-state index contributed by atoms with van der Waals surface area (Å²) in [5.74, 6) is -0.436. The van der Waals surface area contributed by atoms with Gasteiger partial charge in [-0.25, -0.2) is 0 Å². The third-order valence-electron chi connectivity index (χ3n) is 2.92. The van der Waals surface area contributed by atoms with E-state index < -0.39 is 5.91 Å². The molecule has 1 aliphatic rings. The van der Waals surface area contributed by atoms with E-state index in [1.807, 2.05) is 11.6 Å². The quantitative estimate of drug-likeness (QED) is 0.706. The zero-order valence-corrected chi connectivity index (χ0v) is 8.86. The summed E-state index contributed by atoms with van der Waals surface area (Å²) in [6, 6.07) is 0.181. The fraction of sp³-hybridized carbons (Fsp3) is 0.600. The molecule has 0 saturated heterocycles. The smallest absolute Gasteiger partial charge is 0.269 e. The van der Waals surface area contributed by atoms with Crippen LogP contribution in [0.2, 0.25) is 0 Å². The van der Waals surface area contributed by atoms with Gasteiger partial charge in [-0.1, -0.05) is 0 Å². The number of carbonyl (C=O) groups excluding carboxylic acids is 1. The minimum Gasteiger partial charge on any atom is -0.364 e. The standard InChI is InChI=1S/C10H16N4O/c1-2-14-8-5-6(11)3-4-7(8)9(13-14)10(12)15/h6H,2-5,11H2,1H3,(H2,12,15). The van der Waals surface area contributed by atoms with Crippen LogP contribution < -0.4 is 11.5 Å². The molecule has 0 aliphatic heterocycles. The van der Waals surface area contributed by atoms with Crippen molar-refractivity contribution in [3.05, 3.63) is 17.0 Å². The van der Waals surface area contributed by atoms with Crippen LogP contribution in [0.4, 0.5) is 0 Å². The Bertz CT molecular complexity index is 396. The van der Waals surface area contributed by atoms with Crippen molar-refractivity contribution in [3.8, 4) is 0 Å². The topological polar surface area (TPSA) is 86.9 Å². The van der Waals surface area contributed by atoms with E-state index in [-0.39, 0.29) is 6.04 Å². The van der Waals surface area contributed by atoms with Gasteiger partial charge in [-0.05, 0) is 19.8 Å². The van der Waals surface area contributed by atoms with Crippen LogP contribution in [0, 0.1) is 0 Å². The van der Waals surface area contributed by atoms with Crippen molar-refractivity contribution >= 4 is 5.91 Å². The Balaban J connectivity index is 2.49. The lowest BCUT2D eigenvalue weighted by Crippen LogP contribution is -2.29. The van der Waals surface area contributed by atoms with Crippen LogP contribution in [0.1, 0.15) is 35.1 Å². The predicted octanol–water partition coefficient (Wildman–Crippen LogP) is -0.182. The van der Waals surface area contributed by atoms with Crippen molar-refractivity contribution in [1.29, 1.82) is 0 Å². The third-order valence-corrected chi connectivity index (χ3v) is 2.92. The number of carbonyl (C=O) groups is 1. The van der Waals surface area contributed by atoms with Crippen molar-refractivity contribution in [2.45, 2.75) is 38.8 Å². The molecule has 0 bridgehead atoms. The average molecular weight is 208 g/mol. The maximum absolute atomic E-state index is 11.2. The molecule has 82 valence electrons. The summed E-state index contributed by atoms with van der Waals surface area (Å²) in [5, 5.41) is 4.23. The molecule has 4 N–H and O–H groups in total. The first-order valence-electron chi connectivity index (χ1n) is 5.27. The number of nitrogens with two attached hydrogens (primary N) is 2. The minimum absolute atomic E-state index is 0.181. The van der Waals surface area contributed by atoms with Crippen LogP contribution in [-0.2, 0) is 19.4 Å². The van der Waals surface area contributed by atoms with Gasteiger partial charge in [0.2, 0.25) is 0 Å². The zero-order valence-electron chi connectivity index (χ0n) is 8.86. The number of fused-ring (bicyclic) bond motifs is 1. The Labute approximate surface area is 88.4 Å². The molecule has 1 aromatic heterocycles. The highest BCUT2D eigenvalue weighted by atomic mass is 16.1. The van der Waals surface area contributed by atoms with Gasteiger partial charge in [0.05, 0.1) is 0 Å². The Kier molecular flexibility index (Phi) is 2.48. The molecule has 0 spiro atoms. The van der Waals surface area contributed by atoms with Crippen molar-refractivity contribution < 1.29 is 4.79 Å². The van der Waals surface area contributed by atoms with Crippen LogP contribution >= 0.6 is 0 Å². The number of amides is 1. The Morgan fingerprint density at radius 1 is 1.67 bits per heavy atom. The molecule has 1 amide bonds.